The maximum absolute atomic E-state index is 14.1. The van der Waals surface area contributed by atoms with Crippen molar-refractivity contribution in [3.63, 3.8) is 0 Å². The van der Waals surface area contributed by atoms with Gasteiger partial charge in [0.1, 0.15) is 23.4 Å². The third kappa shape index (κ3) is 3.11. The van der Waals surface area contributed by atoms with Crippen LogP contribution in [0.1, 0.15) is 18.7 Å². The molecular formula is C19H14F3N4O2+. The molecule has 0 fully saturated rings. The van der Waals surface area contributed by atoms with E-state index >= 15 is 0 Å². The van der Waals surface area contributed by atoms with Crippen molar-refractivity contribution in [2.75, 3.05) is 0 Å². The zero-order chi connectivity index (χ0) is 19.8. The minimum atomic E-state index is -0.778. The van der Waals surface area contributed by atoms with Crippen LogP contribution in [0.25, 0.3) is 16.6 Å². The highest BCUT2D eigenvalue weighted by Crippen LogP contribution is 2.27. The van der Waals surface area contributed by atoms with Gasteiger partial charge in [-0.3, -0.25) is 10.2 Å². The lowest BCUT2D eigenvalue weighted by molar-refractivity contribution is -0.885. The lowest BCUT2D eigenvalue weighted by Crippen LogP contribution is -2.32. The van der Waals surface area contributed by atoms with Gasteiger partial charge < -0.3 is 4.74 Å². The summed E-state index contributed by atoms with van der Waals surface area (Å²) in [6, 6.07) is 6.09. The third-order valence-electron chi connectivity index (χ3n) is 4.19. The Kier molecular flexibility index (Phi) is 4.34. The van der Waals surface area contributed by atoms with Crippen LogP contribution in [0.4, 0.5) is 13.2 Å². The van der Waals surface area contributed by atoms with E-state index in [9.17, 15) is 18.4 Å². The molecular weight excluding hydrogens is 373 g/mol. The Morgan fingerprint density at radius 1 is 1.18 bits per heavy atom. The fourth-order valence-corrected chi connectivity index (χ4v) is 2.96. The number of pyridine rings is 2. The predicted octanol–water partition coefficient (Wildman–Crippen LogP) is 3.50. The molecule has 0 radical (unpaired) electrons. The van der Waals surface area contributed by atoms with Crippen molar-refractivity contribution in [3.8, 4) is 11.4 Å². The topological polar surface area (TPSA) is 64.1 Å². The first-order valence-corrected chi connectivity index (χ1v) is 8.29. The molecule has 0 bridgehead atoms. The molecule has 3 heterocycles. The molecule has 4 rings (SSSR count). The van der Waals surface area contributed by atoms with E-state index in [1.165, 1.54) is 23.0 Å². The normalized spacial score (nSPS) is 12.3. The number of nitrogens with zero attached hydrogens (tertiary/aromatic N) is 4. The Balaban J connectivity index is 1.74. The summed E-state index contributed by atoms with van der Waals surface area (Å²) in [6.45, 7) is 1.65. The summed E-state index contributed by atoms with van der Waals surface area (Å²) in [6.07, 6.45) is 4.61. The molecule has 4 aromatic rings. The number of hydrogen-bond donors (Lipinski definition) is 1. The lowest BCUT2D eigenvalue weighted by Gasteiger charge is -2.17. The van der Waals surface area contributed by atoms with Crippen LogP contribution in [0.5, 0.6) is 5.75 Å². The number of ether oxygens (including phenoxy) is 1. The highest BCUT2D eigenvalue weighted by molar-refractivity contribution is 5.77. The Hall–Kier alpha value is -3.62. The second kappa shape index (κ2) is 6.84. The van der Waals surface area contributed by atoms with Gasteiger partial charge in [-0.05, 0) is 25.1 Å². The van der Waals surface area contributed by atoms with Gasteiger partial charge in [0, 0.05) is 29.3 Å². The van der Waals surface area contributed by atoms with Crippen molar-refractivity contribution in [2.45, 2.75) is 13.0 Å². The van der Waals surface area contributed by atoms with Crippen LogP contribution in [0, 0.1) is 17.5 Å². The molecule has 1 aromatic carbocycles. The van der Waals surface area contributed by atoms with Crippen molar-refractivity contribution < 1.29 is 27.8 Å². The molecule has 0 aliphatic rings. The number of rotatable bonds is 4. The highest BCUT2D eigenvalue weighted by Gasteiger charge is 2.23. The van der Waals surface area contributed by atoms with Crippen LogP contribution >= 0.6 is 0 Å². The van der Waals surface area contributed by atoms with Crippen molar-refractivity contribution in [1.29, 1.82) is 0 Å². The first-order chi connectivity index (χ1) is 13.4. The number of hydrogen-bond acceptors (Lipinski definition) is 4. The lowest BCUT2D eigenvalue weighted by atomic mass is 10.2. The Labute approximate surface area is 157 Å². The molecule has 142 valence electrons. The monoisotopic (exact) mass is 387 g/mol. The molecule has 1 N–H and O–H groups in total. The summed E-state index contributed by atoms with van der Waals surface area (Å²) < 4.78 is 49.3. The number of benzene rings is 1. The van der Waals surface area contributed by atoms with Crippen LogP contribution in [0.15, 0.2) is 55.1 Å². The molecule has 0 amide bonds. The van der Waals surface area contributed by atoms with Crippen LogP contribution in [0.3, 0.4) is 0 Å². The summed E-state index contributed by atoms with van der Waals surface area (Å²) >= 11 is 0. The summed E-state index contributed by atoms with van der Waals surface area (Å²) in [5.74, 6) is -1.96. The number of halogens is 3. The number of aromatic nitrogens is 4. The van der Waals surface area contributed by atoms with Crippen molar-refractivity contribution in [2.24, 2.45) is 0 Å². The molecule has 28 heavy (non-hydrogen) atoms. The fourth-order valence-electron chi connectivity index (χ4n) is 2.96. The molecule has 0 saturated carbocycles. The van der Waals surface area contributed by atoms with E-state index in [1.807, 2.05) is 0 Å². The summed E-state index contributed by atoms with van der Waals surface area (Å²) in [5, 5.41) is 14.0. The van der Waals surface area contributed by atoms with Gasteiger partial charge in [0.2, 0.25) is 0 Å². The van der Waals surface area contributed by atoms with Crippen molar-refractivity contribution in [3.05, 3.63) is 78.3 Å². The van der Waals surface area contributed by atoms with E-state index < -0.39 is 23.6 Å². The molecule has 0 saturated heterocycles. The fraction of sp³-hybridized carbons (Fsp3) is 0.105. The van der Waals surface area contributed by atoms with Gasteiger partial charge in [-0.1, -0.05) is 0 Å². The second-order valence-electron chi connectivity index (χ2n) is 6.08. The van der Waals surface area contributed by atoms with E-state index in [2.05, 4.69) is 10.1 Å². The molecule has 9 heteroatoms. The third-order valence-corrected chi connectivity index (χ3v) is 4.19. The zero-order valence-corrected chi connectivity index (χ0v) is 14.6. The minimum Gasteiger partial charge on any atom is -0.478 e. The molecule has 0 spiro atoms. The first-order valence-electron chi connectivity index (χ1n) is 8.29. The minimum absolute atomic E-state index is 0.0736. The first kappa shape index (κ1) is 17.8. The average molecular weight is 387 g/mol. The quantitative estimate of drug-likeness (QED) is 0.430. The van der Waals surface area contributed by atoms with Gasteiger partial charge in [0.15, 0.2) is 11.6 Å². The molecule has 6 nitrogen and oxygen atoms in total. The zero-order valence-electron chi connectivity index (χ0n) is 14.6. The summed E-state index contributed by atoms with van der Waals surface area (Å²) in [5.41, 5.74) is 0.430. The Morgan fingerprint density at radius 2 is 1.96 bits per heavy atom. The maximum Gasteiger partial charge on any atom is 0.303 e. The van der Waals surface area contributed by atoms with E-state index in [0.29, 0.717) is 16.1 Å². The maximum atomic E-state index is 14.1. The van der Waals surface area contributed by atoms with Gasteiger partial charge >= 0.3 is 5.52 Å². The summed E-state index contributed by atoms with van der Waals surface area (Å²) in [4.78, 5) is 4.08. The molecule has 0 unspecified atom stereocenters. The number of fused-ring (bicyclic) bond motifs is 1. The van der Waals surface area contributed by atoms with E-state index in [-0.39, 0.29) is 16.7 Å². The largest absolute Gasteiger partial charge is 0.478 e. The van der Waals surface area contributed by atoms with Crippen LogP contribution in [-0.2, 0) is 0 Å². The average Bonchev–Trinajstić information content (AvgIpc) is 3.19. The standard InChI is InChI=1S/C19H14F3N4O2/c1-11(18-17(7-12(20)9-23-18)25-6-2-5-24-25)28-13-8-14-15(21)3-4-16(22)19(14)26(27)10-13/h2-11,27H,1H3/q+1/t11-/m0/s1. The molecule has 0 aliphatic heterocycles. The summed E-state index contributed by atoms with van der Waals surface area (Å²) in [7, 11) is 0. The van der Waals surface area contributed by atoms with Gasteiger partial charge in [-0.2, -0.15) is 9.49 Å². The van der Waals surface area contributed by atoms with Crippen LogP contribution in [-0.4, -0.2) is 20.0 Å². The molecule has 3 aromatic heterocycles. The molecule has 1 atom stereocenters. The van der Waals surface area contributed by atoms with Crippen molar-refractivity contribution in [1.82, 2.24) is 14.8 Å². The van der Waals surface area contributed by atoms with E-state index in [4.69, 9.17) is 4.74 Å². The highest BCUT2D eigenvalue weighted by atomic mass is 19.1. The SMILES string of the molecule is C[C@H](Oc1cc2c(F)ccc(F)c2[n+](O)c1)c1ncc(F)cc1-n1cccn1. The van der Waals surface area contributed by atoms with E-state index in [0.717, 1.165) is 24.5 Å². The van der Waals surface area contributed by atoms with E-state index in [1.54, 1.807) is 19.2 Å². The van der Waals surface area contributed by atoms with Crippen LogP contribution in [0.2, 0.25) is 0 Å². The van der Waals surface area contributed by atoms with Gasteiger partial charge in [0.05, 0.1) is 17.3 Å². The van der Waals surface area contributed by atoms with Gasteiger partial charge in [-0.15, -0.1) is 0 Å². The van der Waals surface area contributed by atoms with Crippen molar-refractivity contribution >= 4 is 10.9 Å². The molecule has 0 aliphatic carbocycles. The van der Waals surface area contributed by atoms with Crippen LogP contribution < -0.4 is 9.47 Å². The predicted molar refractivity (Wildman–Crippen MR) is 91.6 cm³/mol. The Bertz CT molecular complexity index is 1170. The Morgan fingerprint density at radius 3 is 2.71 bits per heavy atom. The van der Waals surface area contributed by atoms with Gasteiger partial charge in [-0.25, -0.2) is 13.5 Å². The van der Waals surface area contributed by atoms with Gasteiger partial charge in [0.25, 0.3) is 6.20 Å². The second-order valence-corrected chi connectivity index (χ2v) is 6.08. The smallest absolute Gasteiger partial charge is 0.303 e.